The molecule has 1 unspecified atom stereocenters. The Kier molecular flexibility index (Phi) is 4.74. The number of fused-ring (bicyclic) bond motifs is 1. The van der Waals surface area contributed by atoms with E-state index in [2.05, 4.69) is 41.5 Å². The number of amides is 1. The van der Waals surface area contributed by atoms with E-state index in [4.69, 9.17) is 0 Å². The number of carbonyl (C=O) groups excluding carboxylic acids is 1. The quantitative estimate of drug-likeness (QED) is 0.923. The summed E-state index contributed by atoms with van der Waals surface area (Å²) in [6.45, 7) is 4.78. The van der Waals surface area contributed by atoms with E-state index >= 15 is 0 Å². The van der Waals surface area contributed by atoms with E-state index in [0.717, 1.165) is 18.4 Å². The summed E-state index contributed by atoms with van der Waals surface area (Å²) in [7, 11) is 0. The fraction of sp³-hybridized carbons (Fsp3) is 0.500. The second-order valence-corrected chi connectivity index (χ2v) is 6.60. The number of aryl methyl sites for hydroxylation is 2. The normalized spacial score (nSPS) is 15.3. The van der Waals surface area contributed by atoms with Crippen LogP contribution < -0.4 is 5.32 Å². The van der Waals surface area contributed by atoms with E-state index < -0.39 is 0 Å². The smallest absolute Gasteiger partial charge is 0.251 e. The molecule has 1 heterocycles. The van der Waals surface area contributed by atoms with Gasteiger partial charge in [-0.2, -0.15) is 15.0 Å². The zero-order valence-corrected chi connectivity index (χ0v) is 13.8. The maximum Gasteiger partial charge on any atom is 0.251 e. The van der Waals surface area contributed by atoms with Crippen LogP contribution in [0.15, 0.2) is 30.6 Å². The van der Waals surface area contributed by atoms with Gasteiger partial charge in [0, 0.05) is 5.56 Å². The largest absolute Gasteiger partial charge is 0.347 e. The zero-order valence-electron chi connectivity index (χ0n) is 13.8. The van der Waals surface area contributed by atoms with Crippen LogP contribution >= 0.6 is 0 Å². The van der Waals surface area contributed by atoms with Gasteiger partial charge in [-0.25, -0.2) is 0 Å². The summed E-state index contributed by atoms with van der Waals surface area (Å²) in [6, 6.07) is 6.13. The minimum absolute atomic E-state index is 0.00549. The van der Waals surface area contributed by atoms with Gasteiger partial charge in [-0.3, -0.25) is 4.79 Å². The molecule has 0 saturated carbocycles. The number of hydrogen-bond acceptors (Lipinski definition) is 3. The van der Waals surface area contributed by atoms with Crippen molar-refractivity contribution in [2.45, 2.75) is 52.1 Å². The first-order chi connectivity index (χ1) is 11.1. The van der Waals surface area contributed by atoms with Crippen molar-refractivity contribution >= 4 is 5.91 Å². The van der Waals surface area contributed by atoms with E-state index in [1.807, 2.05) is 6.07 Å². The van der Waals surface area contributed by atoms with E-state index in [9.17, 15) is 4.79 Å². The molecule has 0 spiro atoms. The Bertz CT molecular complexity index is 664. The molecule has 1 N–H and O–H groups in total. The van der Waals surface area contributed by atoms with Crippen LogP contribution in [0.25, 0.3) is 0 Å². The van der Waals surface area contributed by atoms with Crippen molar-refractivity contribution in [3.05, 3.63) is 47.3 Å². The van der Waals surface area contributed by atoms with Crippen LogP contribution in [0.2, 0.25) is 0 Å². The van der Waals surface area contributed by atoms with E-state index in [1.165, 1.54) is 24.0 Å². The number of nitrogens with one attached hydrogen (secondary N) is 1. The van der Waals surface area contributed by atoms with Crippen LogP contribution in [-0.4, -0.2) is 26.9 Å². The molecule has 0 aliphatic heterocycles. The summed E-state index contributed by atoms with van der Waals surface area (Å²) in [4.78, 5) is 14.2. The molecule has 0 fully saturated rings. The van der Waals surface area contributed by atoms with Crippen LogP contribution in [0, 0.1) is 5.92 Å². The Morgan fingerprint density at radius 2 is 1.87 bits per heavy atom. The van der Waals surface area contributed by atoms with Gasteiger partial charge in [0.25, 0.3) is 5.91 Å². The standard InChI is InChI=1S/C18H24N4O/c1-13(2)17(12-22-19-9-10-20-22)21-18(23)16-8-7-14-5-3-4-6-15(14)11-16/h7-11,13,17H,3-6,12H2,1-2H3,(H,21,23). The predicted molar refractivity (Wildman–Crippen MR) is 89.2 cm³/mol. The summed E-state index contributed by atoms with van der Waals surface area (Å²) >= 11 is 0. The third kappa shape index (κ3) is 3.78. The monoisotopic (exact) mass is 312 g/mol. The second kappa shape index (κ2) is 6.94. The molecule has 1 aromatic heterocycles. The Morgan fingerprint density at radius 3 is 2.57 bits per heavy atom. The summed E-state index contributed by atoms with van der Waals surface area (Å²) < 4.78 is 0. The van der Waals surface area contributed by atoms with Crippen molar-refractivity contribution in [1.82, 2.24) is 20.3 Å². The maximum atomic E-state index is 12.6. The van der Waals surface area contributed by atoms with Gasteiger partial charge >= 0.3 is 0 Å². The number of carbonyl (C=O) groups is 1. The SMILES string of the molecule is CC(C)C(Cn1nccn1)NC(=O)c1ccc2c(c1)CCCC2. The van der Waals surface area contributed by atoms with Crippen LogP contribution in [0.5, 0.6) is 0 Å². The number of nitrogens with zero attached hydrogens (tertiary/aromatic N) is 3. The number of hydrogen-bond donors (Lipinski definition) is 1. The van der Waals surface area contributed by atoms with Crippen LogP contribution in [0.3, 0.4) is 0 Å². The highest BCUT2D eigenvalue weighted by atomic mass is 16.1. The molecule has 1 aromatic carbocycles. The zero-order chi connectivity index (χ0) is 16.2. The lowest BCUT2D eigenvalue weighted by Crippen LogP contribution is -2.42. The molecular weight excluding hydrogens is 288 g/mol. The average Bonchev–Trinajstić information content (AvgIpc) is 3.06. The van der Waals surface area contributed by atoms with Gasteiger partial charge in [-0.15, -0.1) is 0 Å². The van der Waals surface area contributed by atoms with Gasteiger partial charge in [0.2, 0.25) is 0 Å². The van der Waals surface area contributed by atoms with Gasteiger partial charge in [-0.05, 0) is 54.9 Å². The number of benzene rings is 1. The lowest BCUT2D eigenvalue weighted by Gasteiger charge is -2.22. The highest BCUT2D eigenvalue weighted by molar-refractivity contribution is 5.94. The minimum Gasteiger partial charge on any atom is -0.347 e. The van der Waals surface area contributed by atoms with Crippen molar-refractivity contribution in [1.29, 1.82) is 0 Å². The molecule has 1 aliphatic rings. The van der Waals surface area contributed by atoms with Crippen LogP contribution in [-0.2, 0) is 19.4 Å². The van der Waals surface area contributed by atoms with Crippen molar-refractivity contribution in [2.24, 2.45) is 5.92 Å². The highest BCUT2D eigenvalue weighted by Gasteiger charge is 2.19. The van der Waals surface area contributed by atoms with Gasteiger partial charge in [0.05, 0.1) is 25.0 Å². The summed E-state index contributed by atoms with van der Waals surface area (Å²) in [5, 5.41) is 11.4. The van der Waals surface area contributed by atoms with Crippen molar-refractivity contribution in [3.8, 4) is 0 Å². The number of rotatable bonds is 5. The van der Waals surface area contributed by atoms with Crippen molar-refractivity contribution in [2.75, 3.05) is 0 Å². The molecule has 1 amide bonds. The lowest BCUT2D eigenvalue weighted by molar-refractivity contribution is 0.0917. The molecular formula is C18H24N4O. The Hall–Kier alpha value is -2.17. The topological polar surface area (TPSA) is 59.8 Å². The first-order valence-electron chi connectivity index (χ1n) is 8.40. The van der Waals surface area contributed by atoms with Crippen LogP contribution in [0.1, 0.15) is 48.2 Å². The summed E-state index contributed by atoms with van der Waals surface area (Å²) in [5.41, 5.74) is 3.48. The molecule has 2 aromatic rings. The van der Waals surface area contributed by atoms with Gasteiger partial charge in [0.1, 0.15) is 0 Å². The first-order valence-corrected chi connectivity index (χ1v) is 8.40. The van der Waals surface area contributed by atoms with Crippen molar-refractivity contribution < 1.29 is 4.79 Å². The van der Waals surface area contributed by atoms with Crippen LogP contribution in [0.4, 0.5) is 0 Å². The fourth-order valence-corrected chi connectivity index (χ4v) is 3.06. The molecule has 5 heteroatoms. The second-order valence-electron chi connectivity index (χ2n) is 6.60. The fourth-order valence-electron chi connectivity index (χ4n) is 3.06. The summed E-state index contributed by atoms with van der Waals surface area (Å²) in [6.07, 6.45) is 8.01. The molecule has 0 radical (unpaired) electrons. The molecule has 1 atom stereocenters. The molecule has 23 heavy (non-hydrogen) atoms. The minimum atomic E-state index is -0.00997. The molecule has 122 valence electrons. The van der Waals surface area contributed by atoms with E-state index in [-0.39, 0.29) is 11.9 Å². The van der Waals surface area contributed by atoms with Gasteiger partial charge in [0.15, 0.2) is 0 Å². The maximum absolute atomic E-state index is 12.6. The average molecular weight is 312 g/mol. The first kappa shape index (κ1) is 15.7. The molecule has 5 nitrogen and oxygen atoms in total. The van der Waals surface area contributed by atoms with Gasteiger partial charge in [-0.1, -0.05) is 19.9 Å². The Morgan fingerprint density at radius 1 is 1.17 bits per heavy atom. The van der Waals surface area contributed by atoms with Gasteiger partial charge < -0.3 is 5.32 Å². The van der Waals surface area contributed by atoms with E-state index in [1.54, 1.807) is 17.2 Å². The number of aromatic nitrogens is 3. The molecule has 0 bridgehead atoms. The van der Waals surface area contributed by atoms with Crippen molar-refractivity contribution in [3.63, 3.8) is 0 Å². The molecule has 3 rings (SSSR count). The Labute approximate surface area is 137 Å². The molecule has 0 saturated heterocycles. The third-order valence-corrected chi connectivity index (χ3v) is 4.56. The highest BCUT2D eigenvalue weighted by Crippen LogP contribution is 2.22. The predicted octanol–water partition coefficient (Wildman–Crippen LogP) is 2.61. The lowest BCUT2D eigenvalue weighted by atomic mass is 9.90. The Balaban J connectivity index is 1.71. The third-order valence-electron chi connectivity index (χ3n) is 4.56. The molecule has 1 aliphatic carbocycles. The summed E-state index contributed by atoms with van der Waals surface area (Å²) in [5.74, 6) is 0.298. The van der Waals surface area contributed by atoms with E-state index in [0.29, 0.717) is 12.5 Å².